The molecule has 1 aliphatic carbocycles. The molecule has 2 aliphatic rings. The first-order valence-corrected chi connectivity index (χ1v) is 8.84. The van der Waals surface area contributed by atoms with Crippen LogP contribution in [0.2, 0.25) is 0 Å². The number of β-amino-alcohol motifs (C(OH)–C–C–N with tert-alkyl or cyclic N) is 1. The molecule has 1 saturated carbocycles. The van der Waals surface area contributed by atoms with Gasteiger partial charge in [-0.1, -0.05) is 18.2 Å². The Bertz CT molecular complexity index is 631. The number of likely N-dealkylation sites (tertiary alicyclic amines) is 1. The van der Waals surface area contributed by atoms with Crippen molar-refractivity contribution in [3.05, 3.63) is 30.3 Å². The van der Waals surface area contributed by atoms with E-state index >= 15 is 0 Å². The largest absolute Gasteiger partial charge is 0.386 e. The molecule has 0 radical (unpaired) electrons. The Balaban J connectivity index is 1.53. The van der Waals surface area contributed by atoms with Crippen LogP contribution in [0.1, 0.15) is 19.3 Å². The highest BCUT2D eigenvalue weighted by Crippen LogP contribution is 2.44. The fraction of sp³-hybridized carbons (Fsp3) is 0.533. The Labute approximate surface area is 124 Å². The van der Waals surface area contributed by atoms with E-state index in [1.165, 1.54) is 12.1 Å². The number of hydrogen-bond donors (Lipinski definition) is 1. The van der Waals surface area contributed by atoms with Crippen molar-refractivity contribution in [1.29, 1.82) is 0 Å². The lowest BCUT2D eigenvalue weighted by Crippen LogP contribution is -2.64. The summed E-state index contributed by atoms with van der Waals surface area (Å²) in [7, 11) is -3.42. The van der Waals surface area contributed by atoms with Crippen molar-refractivity contribution in [2.45, 2.75) is 29.8 Å². The Morgan fingerprint density at radius 1 is 1.24 bits per heavy atom. The standard InChI is InChI=1S/C15H19NO4S/c17-14(16-10-15(18,11-16)12-6-7-12)8-9-21(19,20)13-4-2-1-3-5-13/h1-5,12,18H,6-11H2. The molecule has 6 heteroatoms. The third-order valence-corrected chi connectivity index (χ3v) is 6.04. The summed E-state index contributed by atoms with van der Waals surface area (Å²) in [5.41, 5.74) is -0.714. The molecule has 0 unspecified atom stereocenters. The lowest BCUT2D eigenvalue weighted by Gasteiger charge is -2.47. The van der Waals surface area contributed by atoms with E-state index in [-0.39, 0.29) is 23.0 Å². The summed E-state index contributed by atoms with van der Waals surface area (Å²) in [6, 6.07) is 8.16. The van der Waals surface area contributed by atoms with Crippen LogP contribution in [-0.4, -0.2) is 48.8 Å². The highest BCUT2D eigenvalue weighted by Gasteiger charge is 2.53. The lowest BCUT2D eigenvalue weighted by atomic mass is 9.88. The summed E-state index contributed by atoms with van der Waals surface area (Å²) >= 11 is 0. The van der Waals surface area contributed by atoms with Crippen LogP contribution in [-0.2, 0) is 14.6 Å². The number of nitrogens with zero attached hydrogens (tertiary/aromatic N) is 1. The monoisotopic (exact) mass is 309 g/mol. The highest BCUT2D eigenvalue weighted by atomic mass is 32.2. The van der Waals surface area contributed by atoms with E-state index in [4.69, 9.17) is 0 Å². The number of benzene rings is 1. The normalized spacial score (nSPS) is 20.9. The zero-order valence-corrected chi connectivity index (χ0v) is 12.6. The van der Waals surface area contributed by atoms with Gasteiger partial charge >= 0.3 is 0 Å². The highest BCUT2D eigenvalue weighted by molar-refractivity contribution is 7.91. The van der Waals surface area contributed by atoms with Crippen LogP contribution in [0.15, 0.2) is 35.2 Å². The van der Waals surface area contributed by atoms with Crippen LogP contribution in [0.5, 0.6) is 0 Å². The summed E-state index contributed by atoms with van der Waals surface area (Å²) in [5, 5.41) is 10.2. The Hall–Kier alpha value is -1.40. The average Bonchev–Trinajstić information content (AvgIpc) is 3.27. The van der Waals surface area contributed by atoms with E-state index in [0.717, 1.165) is 12.8 Å². The molecule has 2 fully saturated rings. The van der Waals surface area contributed by atoms with Crippen molar-refractivity contribution < 1.29 is 18.3 Å². The van der Waals surface area contributed by atoms with Gasteiger partial charge in [-0.2, -0.15) is 0 Å². The Morgan fingerprint density at radius 2 is 1.86 bits per heavy atom. The number of sulfone groups is 1. The van der Waals surface area contributed by atoms with Crippen LogP contribution >= 0.6 is 0 Å². The maximum absolute atomic E-state index is 12.1. The fourth-order valence-corrected chi connectivity index (χ4v) is 4.05. The van der Waals surface area contributed by atoms with Crippen molar-refractivity contribution in [3.8, 4) is 0 Å². The van der Waals surface area contributed by atoms with E-state index in [2.05, 4.69) is 0 Å². The van der Waals surface area contributed by atoms with Crippen molar-refractivity contribution in [2.75, 3.05) is 18.8 Å². The van der Waals surface area contributed by atoms with E-state index in [1.54, 1.807) is 23.1 Å². The molecule has 1 saturated heterocycles. The number of rotatable bonds is 5. The molecule has 114 valence electrons. The van der Waals surface area contributed by atoms with Gasteiger partial charge in [0, 0.05) is 6.42 Å². The molecule has 5 nitrogen and oxygen atoms in total. The molecule has 0 spiro atoms. The third-order valence-electron chi connectivity index (χ3n) is 4.31. The summed E-state index contributed by atoms with van der Waals surface area (Å²) in [6.45, 7) is 0.698. The first-order valence-electron chi connectivity index (χ1n) is 7.19. The zero-order chi connectivity index (χ0) is 15.1. The number of amides is 1. The number of hydrogen-bond acceptors (Lipinski definition) is 4. The van der Waals surface area contributed by atoms with E-state index < -0.39 is 15.4 Å². The zero-order valence-electron chi connectivity index (χ0n) is 11.7. The van der Waals surface area contributed by atoms with Crippen LogP contribution in [0, 0.1) is 5.92 Å². The van der Waals surface area contributed by atoms with Crippen molar-refractivity contribution in [2.24, 2.45) is 5.92 Å². The van der Waals surface area contributed by atoms with Crippen LogP contribution in [0.3, 0.4) is 0 Å². The molecule has 1 aliphatic heterocycles. The summed E-state index contributed by atoms with van der Waals surface area (Å²) < 4.78 is 24.2. The van der Waals surface area contributed by atoms with Crippen molar-refractivity contribution >= 4 is 15.7 Å². The molecule has 0 atom stereocenters. The van der Waals surface area contributed by atoms with E-state index in [9.17, 15) is 18.3 Å². The molecule has 1 N–H and O–H groups in total. The van der Waals surface area contributed by atoms with Gasteiger partial charge in [0.25, 0.3) is 0 Å². The van der Waals surface area contributed by atoms with Crippen LogP contribution in [0.25, 0.3) is 0 Å². The molecular weight excluding hydrogens is 290 g/mol. The Morgan fingerprint density at radius 3 is 2.43 bits per heavy atom. The molecule has 1 heterocycles. The van der Waals surface area contributed by atoms with Crippen LogP contribution in [0.4, 0.5) is 0 Å². The summed E-state index contributed by atoms with van der Waals surface area (Å²) in [4.78, 5) is 13.8. The molecule has 0 aromatic heterocycles. The second-order valence-corrected chi connectivity index (χ2v) is 8.12. The minimum Gasteiger partial charge on any atom is -0.386 e. The van der Waals surface area contributed by atoms with Gasteiger partial charge in [-0.25, -0.2) is 8.42 Å². The first kappa shape index (κ1) is 14.5. The van der Waals surface area contributed by atoms with Gasteiger partial charge in [0.05, 0.1) is 23.7 Å². The number of aliphatic hydroxyl groups is 1. The molecular formula is C15H19NO4S. The second-order valence-electron chi connectivity index (χ2n) is 6.01. The quantitative estimate of drug-likeness (QED) is 0.874. The predicted octanol–water partition coefficient (Wildman–Crippen LogP) is 0.834. The predicted molar refractivity (Wildman–Crippen MR) is 77.4 cm³/mol. The van der Waals surface area contributed by atoms with E-state index in [1.807, 2.05) is 0 Å². The molecule has 1 amide bonds. The smallest absolute Gasteiger partial charge is 0.223 e. The van der Waals surface area contributed by atoms with Gasteiger partial charge in [-0.3, -0.25) is 4.79 Å². The van der Waals surface area contributed by atoms with Gasteiger partial charge in [-0.05, 0) is 30.9 Å². The maximum Gasteiger partial charge on any atom is 0.223 e. The van der Waals surface area contributed by atoms with Gasteiger partial charge in [0.15, 0.2) is 9.84 Å². The fourth-order valence-electron chi connectivity index (χ4n) is 2.80. The number of carbonyl (C=O) groups is 1. The number of carbonyl (C=O) groups excluding carboxylic acids is 1. The molecule has 1 aromatic rings. The van der Waals surface area contributed by atoms with Crippen molar-refractivity contribution in [3.63, 3.8) is 0 Å². The minimum atomic E-state index is -3.42. The minimum absolute atomic E-state index is 0.0298. The van der Waals surface area contributed by atoms with Gasteiger partial charge in [-0.15, -0.1) is 0 Å². The van der Waals surface area contributed by atoms with Crippen molar-refractivity contribution in [1.82, 2.24) is 4.90 Å². The second kappa shape index (κ2) is 5.10. The van der Waals surface area contributed by atoms with Gasteiger partial charge < -0.3 is 10.0 Å². The van der Waals surface area contributed by atoms with Gasteiger partial charge in [0.1, 0.15) is 5.60 Å². The lowest BCUT2D eigenvalue weighted by molar-refractivity contribution is -0.158. The first-order chi connectivity index (χ1) is 9.91. The van der Waals surface area contributed by atoms with Crippen LogP contribution < -0.4 is 0 Å². The van der Waals surface area contributed by atoms with Gasteiger partial charge in [0.2, 0.25) is 5.91 Å². The third kappa shape index (κ3) is 2.96. The Kier molecular flexibility index (Phi) is 3.53. The molecule has 3 rings (SSSR count). The van der Waals surface area contributed by atoms with E-state index in [0.29, 0.717) is 19.0 Å². The SMILES string of the molecule is O=C(CCS(=O)(=O)c1ccccc1)N1CC(O)(C2CC2)C1. The topological polar surface area (TPSA) is 74.7 Å². The molecule has 21 heavy (non-hydrogen) atoms. The molecule has 1 aromatic carbocycles. The molecule has 0 bridgehead atoms. The summed E-state index contributed by atoms with van der Waals surface area (Å²) in [6.07, 6.45) is 2.03. The average molecular weight is 309 g/mol. The maximum atomic E-state index is 12.1. The summed E-state index contributed by atoms with van der Waals surface area (Å²) in [5.74, 6) is -0.0526.